The number of hydrogen-bond donors (Lipinski definition) is 2. The van der Waals surface area contributed by atoms with E-state index in [1.807, 2.05) is 6.92 Å². The lowest BCUT2D eigenvalue weighted by Crippen LogP contribution is -2.56. The fraction of sp³-hybridized carbons (Fsp3) is 0.923. The summed E-state index contributed by atoms with van der Waals surface area (Å²) < 4.78 is 5.31. The topological polar surface area (TPSA) is 66.1 Å². The molecular weight excluding hydrogens is 242 g/mol. The normalized spacial score (nSPS) is 24.6. The summed E-state index contributed by atoms with van der Waals surface area (Å²) in [7, 11) is 0. The summed E-state index contributed by atoms with van der Waals surface area (Å²) in [6, 6.07) is 0.690. The van der Waals surface area contributed by atoms with E-state index in [4.69, 9.17) is 10.6 Å². The molecule has 0 spiro atoms. The summed E-state index contributed by atoms with van der Waals surface area (Å²) in [6.07, 6.45) is 3.58. The molecule has 0 saturated carbocycles. The molecule has 2 saturated heterocycles. The first-order valence-electron chi connectivity index (χ1n) is 7.43. The van der Waals surface area contributed by atoms with Gasteiger partial charge in [-0.1, -0.05) is 0 Å². The molecule has 2 heterocycles. The predicted molar refractivity (Wildman–Crippen MR) is 76.9 cm³/mol. The Balaban J connectivity index is 1.78. The van der Waals surface area contributed by atoms with E-state index in [9.17, 15) is 0 Å². The molecule has 19 heavy (non-hydrogen) atoms. The molecular formula is C13H27N5O. The molecule has 0 bridgehead atoms. The van der Waals surface area contributed by atoms with Gasteiger partial charge in [-0.15, -0.1) is 0 Å². The molecule has 2 aliphatic rings. The van der Waals surface area contributed by atoms with E-state index >= 15 is 0 Å². The van der Waals surface area contributed by atoms with Crippen molar-refractivity contribution in [3.63, 3.8) is 0 Å². The van der Waals surface area contributed by atoms with Crippen LogP contribution in [0.1, 0.15) is 26.2 Å². The molecule has 0 amide bonds. The van der Waals surface area contributed by atoms with E-state index < -0.39 is 0 Å². The van der Waals surface area contributed by atoms with Crippen molar-refractivity contribution in [2.45, 2.75) is 32.2 Å². The van der Waals surface area contributed by atoms with Gasteiger partial charge in [-0.25, -0.2) is 5.84 Å². The molecule has 1 atom stereocenters. The monoisotopic (exact) mass is 269 g/mol. The number of ether oxygens (including phenoxy) is 1. The van der Waals surface area contributed by atoms with Gasteiger partial charge in [-0.3, -0.25) is 15.3 Å². The second-order valence-corrected chi connectivity index (χ2v) is 5.18. The van der Waals surface area contributed by atoms with Crippen molar-refractivity contribution in [3.8, 4) is 0 Å². The number of fused-ring (bicyclic) bond motifs is 1. The van der Waals surface area contributed by atoms with Gasteiger partial charge in [0.05, 0.1) is 0 Å². The Labute approximate surface area is 115 Å². The number of piperazine rings is 1. The second kappa shape index (κ2) is 7.67. The van der Waals surface area contributed by atoms with Gasteiger partial charge >= 0.3 is 0 Å². The maximum absolute atomic E-state index is 5.61. The fourth-order valence-electron chi connectivity index (χ4n) is 2.92. The van der Waals surface area contributed by atoms with Crippen molar-refractivity contribution in [2.75, 3.05) is 45.9 Å². The summed E-state index contributed by atoms with van der Waals surface area (Å²) >= 11 is 0. The van der Waals surface area contributed by atoms with E-state index in [0.717, 1.165) is 51.8 Å². The van der Waals surface area contributed by atoms with Crippen LogP contribution in [-0.2, 0) is 4.74 Å². The number of hydrazine groups is 1. The highest BCUT2D eigenvalue weighted by Gasteiger charge is 2.31. The molecule has 6 nitrogen and oxygen atoms in total. The quantitative estimate of drug-likeness (QED) is 0.242. The number of rotatable bonds is 5. The van der Waals surface area contributed by atoms with E-state index in [1.54, 1.807) is 0 Å². The third kappa shape index (κ3) is 4.06. The zero-order chi connectivity index (χ0) is 13.5. The molecule has 0 radical (unpaired) electrons. The van der Waals surface area contributed by atoms with Crippen LogP contribution in [0.2, 0.25) is 0 Å². The maximum atomic E-state index is 5.61. The SMILES string of the molecule is CCOCCCN=C(NN)N1CCN2CCCC2C1. The Morgan fingerprint density at radius 2 is 2.32 bits per heavy atom. The van der Waals surface area contributed by atoms with Crippen LogP contribution in [-0.4, -0.2) is 67.7 Å². The Kier molecular flexibility index (Phi) is 5.88. The van der Waals surface area contributed by atoms with Crippen molar-refractivity contribution in [1.29, 1.82) is 0 Å². The van der Waals surface area contributed by atoms with Crippen LogP contribution < -0.4 is 11.3 Å². The summed E-state index contributed by atoms with van der Waals surface area (Å²) in [5.41, 5.74) is 2.76. The minimum atomic E-state index is 0.690. The second-order valence-electron chi connectivity index (χ2n) is 5.18. The van der Waals surface area contributed by atoms with Gasteiger partial charge in [0.1, 0.15) is 0 Å². The number of guanidine groups is 1. The van der Waals surface area contributed by atoms with Crippen LogP contribution in [0, 0.1) is 0 Å². The third-order valence-electron chi connectivity index (χ3n) is 3.93. The van der Waals surface area contributed by atoms with Gasteiger partial charge in [0.2, 0.25) is 5.96 Å². The molecule has 0 aromatic heterocycles. The van der Waals surface area contributed by atoms with E-state index in [1.165, 1.54) is 19.4 Å². The molecule has 1 unspecified atom stereocenters. The summed E-state index contributed by atoms with van der Waals surface area (Å²) in [5.74, 6) is 6.45. The van der Waals surface area contributed by atoms with Crippen molar-refractivity contribution in [2.24, 2.45) is 10.8 Å². The Hall–Kier alpha value is -0.850. The van der Waals surface area contributed by atoms with Gasteiger partial charge in [0.25, 0.3) is 0 Å². The zero-order valence-corrected chi connectivity index (χ0v) is 12.0. The fourth-order valence-corrected chi connectivity index (χ4v) is 2.92. The molecule has 2 fully saturated rings. The minimum Gasteiger partial charge on any atom is -0.382 e. The van der Waals surface area contributed by atoms with Gasteiger partial charge < -0.3 is 9.64 Å². The molecule has 6 heteroatoms. The summed E-state index contributed by atoms with van der Waals surface area (Å²) in [4.78, 5) is 9.43. The third-order valence-corrected chi connectivity index (χ3v) is 3.93. The van der Waals surface area contributed by atoms with Crippen molar-refractivity contribution < 1.29 is 4.74 Å². The summed E-state index contributed by atoms with van der Waals surface area (Å²) in [6.45, 7) is 8.78. The highest BCUT2D eigenvalue weighted by molar-refractivity contribution is 5.79. The summed E-state index contributed by atoms with van der Waals surface area (Å²) in [5, 5.41) is 0. The Morgan fingerprint density at radius 3 is 3.11 bits per heavy atom. The van der Waals surface area contributed by atoms with E-state index in [2.05, 4.69) is 20.2 Å². The first-order chi connectivity index (χ1) is 9.35. The lowest BCUT2D eigenvalue weighted by Gasteiger charge is -2.38. The van der Waals surface area contributed by atoms with Crippen LogP contribution in [0.15, 0.2) is 4.99 Å². The average molecular weight is 269 g/mol. The molecule has 2 aliphatic heterocycles. The lowest BCUT2D eigenvalue weighted by molar-refractivity contribution is 0.144. The van der Waals surface area contributed by atoms with Crippen LogP contribution in [0.5, 0.6) is 0 Å². The standard InChI is InChI=1S/C13H27N5O/c1-2-19-10-4-6-15-13(16-14)18-9-8-17-7-3-5-12(17)11-18/h12H,2-11,14H2,1H3,(H,15,16). The maximum Gasteiger partial charge on any atom is 0.208 e. The van der Waals surface area contributed by atoms with Crippen molar-refractivity contribution in [3.05, 3.63) is 0 Å². The molecule has 0 aliphatic carbocycles. The smallest absolute Gasteiger partial charge is 0.208 e. The Morgan fingerprint density at radius 1 is 1.42 bits per heavy atom. The first kappa shape index (κ1) is 14.6. The van der Waals surface area contributed by atoms with Gasteiger partial charge in [-0.05, 0) is 32.7 Å². The number of aliphatic imine (C=N–C) groups is 1. The highest BCUT2D eigenvalue weighted by atomic mass is 16.5. The van der Waals surface area contributed by atoms with Crippen LogP contribution in [0.25, 0.3) is 0 Å². The molecule has 3 N–H and O–H groups in total. The minimum absolute atomic E-state index is 0.690. The average Bonchev–Trinajstić information content (AvgIpc) is 2.90. The van der Waals surface area contributed by atoms with Gasteiger partial charge in [0.15, 0.2) is 0 Å². The predicted octanol–water partition coefficient (Wildman–Crippen LogP) is 0.0123. The molecule has 110 valence electrons. The van der Waals surface area contributed by atoms with Crippen molar-refractivity contribution >= 4 is 5.96 Å². The zero-order valence-electron chi connectivity index (χ0n) is 12.0. The van der Waals surface area contributed by atoms with Gasteiger partial charge in [0, 0.05) is 45.4 Å². The van der Waals surface area contributed by atoms with Crippen LogP contribution in [0.3, 0.4) is 0 Å². The number of nitrogens with zero attached hydrogens (tertiary/aromatic N) is 3. The van der Waals surface area contributed by atoms with Crippen LogP contribution >= 0.6 is 0 Å². The molecule has 0 aromatic rings. The number of nitrogens with two attached hydrogens (primary N) is 1. The number of nitrogens with one attached hydrogen (secondary N) is 1. The van der Waals surface area contributed by atoms with Gasteiger partial charge in [-0.2, -0.15) is 0 Å². The lowest BCUT2D eigenvalue weighted by atomic mass is 10.1. The van der Waals surface area contributed by atoms with E-state index in [0.29, 0.717) is 6.04 Å². The van der Waals surface area contributed by atoms with Crippen molar-refractivity contribution in [1.82, 2.24) is 15.2 Å². The highest BCUT2D eigenvalue weighted by Crippen LogP contribution is 2.21. The van der Waals surface area contributed by atoms with Crippen LogP contribution in [0.4, 0.5) is 0 Å². The largest absolute Gasteiger partial charge is 0.382 e. The first-order valence-corrected chi connectivity index (χ1v) is 7.43. The van der Waals surface area contributed by atoms with E-state index in [-0.39, 0.29) is 0 Å². The number of hydrogen-bond acceptors (Lipinski definition) is 4. The Bertz CT molecular complexity index is 297. The molecule has 0 aromatic carbocycles. The molecule has 2 rings (SSSR count).